The van der Waals surface area contributed by atoms with Crippen LogP contribution < -0.4 is 0 Å². The van der Waals surface area contributed by atoms with Crippen LogP contribution in [-0.2, 0) is 13.2 Å². The van der Waals surface area contributed by atoms with Crippen LogP contribution in [0.2, 0.25) is 0 Å². The Balaban J connectivity index is 2.70. The molecular weight excluding hydrogens is 135 g/mol. The first-order valence-electron chi connectivity index (χ1n) is 3.05. The Morgan fingerprint density at radius 2 is 2.50 bits per heavy atom. The minimum Gasteiger partial charge on any atom is -0.388 e. The quantitative estimate of drug-likeness (QED) is 0.664. The average Bonchev–Trinajstić information content (AvgIpc) is 2.36. The van der Waals surface area contributed by atoms with Crippen LogP contribution in [0.25, 0.3) is 0 Å². The second kappa shape index (κ2) is 3.31. The lowest BCUT2D eigenvalue weighted by atomic mass is 10.6. The third kappa shape index (κ3) is 1.33. The Morgan fingerprint density at radius 3 is 3.10 bits per heavy atom. The second-order valence-corrected chi connectivity index (χ2v) is 1.88. The molecule has 56 valence electrons. The van der Waals surface area contributed by atoms with Gasteiger partial charge in [0.2, 0.25) is 0 Å². The first-order chi connectivity index (χ1) is 4.88. The summed E-state index contributed by atoms with van der Waals surface area (Å²) in [6.45, 7) is -0.285. The van der Waals surface area contributed by atoms with Crippen molar-refractivity contribution >= 4 is 0 Å². The van der Waals surface area contributed by atoms with E-state index in [2.05, 4.69) is 4.98 Å². The van der Waals surface area contributed by atoms with Gasteiger partial charge in [-0.25, -0.2) is 9.37 Å². The van der Waals surface area contributed by atoms with Gasteiger partial charge in [0.25, 0.3) is 0 Å². The largest absolute Gasteiger partial charge is 0.388 e. The van der Waals surface area contributed by atoms with Crippen molar-refractivity contribution in [2.75, 3.05) is 6.67 Å². The van der Waals surface area contributed by atoms with Gasteiger partial charge in [-0.15, -0.1) is 0 Å². The Kier molecular flexibility index (Phi) is 2.39. The fourth-order valence-electron chi connectivity index (χ4n) is 0.786. The number of aryl methyl sites for hydroxylation is 1. The van der Waals surface area contributed by atoms with Gasteiger partial charge in [-0.1, -0.05) is 0 Å². The highest BCUT2D eigenvalue weighted by atomic mass is 19.1. The van der Waals surface area contributed by atoms with Crippen molar-refractivity contribution in [3.05, 3.63) is 18.2 Å². The first kappa shape index (κ1) is 7.21. The molecule has 1 heterocycles. The highest BCUT2D eigenvalue weighted by molar-refractivity contribution is 4.89. The summed E-state index contributed by atoms with van der Waals surface area (Å²) >= 11 is 0. The Labute approximate surface area is 58.1 Å². The summed E-state index contributed by atoms with van der Waals surface area (Å²) in [4.78, 5) is 3.80. The normalized spacial score (nSPS) is 10.2. The monoisotopic (exact) mass is 144 g/mol. The molecule has 0 bridgehead atoms. The summed E-state index contributed by atoms with van der Waals surface area (Å²) in [6.07, 6.45) is 3.19. The van der Waals surface area contributed by atoms with Crippen LogP contribution in [0.1, 0.15) is 5.82 Å². The van der Waals surface area contributed by atoms with Crippen LogP contribution in [0.3, 0.4) is 0 Å². The van der Waals surface area contributed by atoms with E-state index in [1.807, 2.05) is 0 Å². The molecular formula is C6H9FN2O. The number of aliphatic hydroxyl groups excluding tert-OH is 1. The fourth-order valence-corrected chi connectivity index (χ4v) is 0.786. The molecule has 1 aromatic rings. The molecule has 0 unspecified atom stereocenters. The topological polar surface area (TPSA) is 38.1 Å². The first-order valence-corrected chi connectivity index (χ1v) is 3.05. The van der Waals surface area contributed by atoms with Crippen molar-refractivity contribution in [1.82, 2.24) is 9.55 Å². The molecule has 0 spiro atoms. The molecule has 10 heavy (non-hydrogen) atoms. The summed E-state index contributed by atoms with van der Waals surface area (Å²) < 4.78 is 13.3. The predicted octanol–water partition coefficient (Wildman–Crippen LogP) is 0.345. The van der Waals surface area contributed by atoms with Gasteiger partial charge in [0.05, 0.1) is 6.54 Å². The van der Waals surface area contributed by atoms with Gasteiger partial charge in [-0.2, -0.15) is 0 Å². The minimum absolute atomic E-state index is 0.132. The van der Waals surface area contributed by atoms with Crippen LogP contribution >= 0.6 is 0 Å². The van der Waals surface area contributed by atoms with E-state index in [0.29, 0.717) is 5.82 Å². The Morgan fingerprint density at radius 1 is 1.70 bits per heavy atom. The van der Waals surface area contributed by atoms with E-state index in [4.69, 9.17) is 5.11 Å². The molecule has 0 saturated heterocycles. The minimum atomic E-state index is -0.427. The number of imidazole rings is 1. The maximum Gasteiger partial charge on any atom is 0.134 e. The van der Waals surface area contributed by atoms with Crippen molar-refractivity contribution < 1.29 is 9.50 Å². The van der Waals surface area contributed by atoms with Gasteiger partial charge in [-0.05, 0) is 0 Å². The molecule has 0 amide bonds. The number of rotatable bonds is 3. The van der Waals surface area contributed by atoms with Gasteiger partial charge in [-0.3, -0.25) is 0 Å². The fraction of sp³-hybridized carbons (Fsp3) is 0.500. The van der Waals surface area contributed by atoms with E-state index < -0.39 is 6.67 Å². The zero-order chi connectivity index (χ0) is 7.40. The molecule has 0 fully saturated rings. The Hall–Kier alpha value is -0.900. The van der Waals surface area contributed by atoms with Crippen molar-refractivity contribution in [3.63, 3.8) is 0 Å². The van der Waals surface area contributed by atoms with E-state index in [0.717, 1.165) is 0 Å². The van der Waals surface area contributed by atoms with Crippen LogP contribution in [0.15, 0.2) is 12.4 Å². The summed E-state index contributed by atoms with van der Waals surface area (Å²) in [5.41, 5.74) is 0. The zero-order valence-corrected chi connectivity index (χ0v) is 5.50. The van der Waals surface area contributed by atoms with Gasteiger partial charge < -0.3 is 9.67 Å². The van der Waals surface area contributed by atoms with Crippen LogP contribution in [-0.4, -0.2) is 21.3 Å². The standard InChI is InChI=1S/C6H9FN2O/c7-1-3-9-4-2-8-6(9)5-10/h2,4,10H,1,3,5H2. The zero-order valence-electron chi connectivity index (χ0n) is 5.50. The lowest BCUT2D eigenvalue weighted by Crippen LogP contribution is -2.03. The van der Waals surface area contributed by atoms with Crippen molar-refractivity contribution in [1.29, 1.82) is 0 Å². The number of aliphatic hydroxyl groups is 1. The molecule has 0 aliphatic carbocycles. The number of hydrogen-bond acceptors (Lipinski definition) is 2. The smallest absolute Gasteiger partial charge is 0.134 e. The van der Waals surface area contributed by atoms with Crippen LogP contribution in [0.4, 0.5) is 4.39 Å². The SMILES string of the molecule is OCc1nccn1CCF. The van der Waals surface area contributed by atoms with Crippen molar-refractivity contribution in [3.8, 4) is 0 Å². The van der Waals surface area contributed by atoms with Gasteiger partial charge in [0.15, 0.2) is 0 Å². The summed E-state index contributed by atoms with van der Waals surface area (Å²) in [5, 5.41) is 8.63. The third-order valence-corrected chi connectivity index (χ3v) is 1.27. The molecule has 4 heteroatoms. The van der Waals surface area contributed by atoms with E-state index in [-0.39, 0.29) is 13.2 Å². The summed E-state index contributed by atoms with van der Waals surface area (Å²) in [7, 11) is 0. The lowest BCUT2D eigenvalue weighted by molar-refractivity contribution is 0.263. The molecule has 0 radical (unpaired) electrons. The molecule has 1 aromatic heterocycles. The summed E-state index contributed by atoms with van der Waals surface area (Å²) in [6, 6.07) is 0. The van der Waals surface area contributed by atoms with E-state index >= 15 is 0 Å². The van der Waals surface area contributed by atoms with E-state index in [9.17, 15) is 4.39 Å². The van der Waals surface area contributed by atoms with E-state index in [1.54, 1.807) is 17.0 Å². The second-order valence-electron chi connectivity index (χ2n) is 1.88. The predicted molar refractivity (Wildman–Crippen MR) is 34.1 cm³/mol. The number of nitrogens with zero attached hydrogens (tertiary/aromatic N) is 2. The molecule has 0 aromatic carbocycles. The summed E-state index contributed by atoms with van der Waals surface area (Å²) in [5.74, 6) is 0.512. The molecule has 0 aliphatic heterocycles. The van der Waals surface area contributed by atoms with E-state index in [1.165, 1.54) is 0 Å². The molecule has 0 atom stereocenters. The number of halogens is 1. The molecule has 0 saturated carbocycles. The average molecular weight is 144 g/mol. The highest BCUT2D eigenvalue weighted by Crippen LogP contribution is 1.96. The van der Waals surface area contributed by atoms with Crippen LogP contribution in [0, 0.1) is 0 Å². The van der Waals surface area contributed by atoms with Crippen molar-refractivity contribution in [2.24, 2.45) is 0 Å². The number of alkyl halides is 1. The maximum absolute atomic E-state index is 11.7. The molecule has 3 nitrogen and oxygen atoms in total. The van der Waals surface area contributed by atoms with Gasteiger partial charge in [0, 0.05) is 12.4 Å². The molecule has 0 aliphatic rings. The molecule has 1 rings (SSSR count). The number of aromatic nitrogens is 2. The van der Waals surface area contributed by atoms with Gasteiger partial charge >= 0.3 is 0 Å². The molecule has 1 N–H and O–H groups in total. The van der Waals surface area contributed by atoms with Crippen LogP contribution in [0.5, 0.6) is 0 Å². The van der Waals surface area contributed by atoms with Crippen molar-refractivity contribution in [2.45, 2.75) is 13.2 Å². The lowest BCUT2D eigenvalue weighted by Gasteiger charge is -2.00. The third-order valence-electron chi connectivity index (χ3n) is 1.27. The number of hydrogen-bond donors (Lipinski definition) is 1. The maximum atomic E-state index is 11.7. The Bertz CT molecular complexity index is 199. The van der Waals surface area contributed by atoms with Gasteiger partial charge in [0.1, 0.15) is 19.1 Å². The highest BCUT2D eigenvalue weighted by Gasteiger charge is 1.98.